The van der Waals surface area contributed by atoms with Gasteiger partial charge in [-0.05, 0) is 25.7 Å². The third-order valence-corrected chi connectivity index (χ3v) is 5.73. The molecule has 0 saturated carbocycles. The fourth-order valence-corrected chi connectivity index (χ4v) is 3.78. The van der Waals surface area contributed by atoms with Crippen molar-refractivity contribution in [1.82, 2.24) is 0 Å². The summed E-state index contributed by atoms with van der Waals surface area (Å²) in [5.41, 5.74) is 0. The highest BCUT2D eigenvalue weighted by atomic mass is 79.9. The molecule has 0 fully saturated rings. The van der Waals surface area contributed by atoms with Crippen molar-refractivity contribution in [2.24, 2.45) is 5.92 Å². The number of hydrogen-bond acceptors (Lipinski definition) is 2. The quantitative estimate of drug-likeness (QED) is 0.110. The van der Waals surface area contributed by atoms with Crippen LogP contribution in [0.5, 0.6) is 0 Å². The van der Waals surface area contributed by atoms with Crippen molar-refractivity contribution in [2.45, 2.75) is 123 Å². The van der Waals surface area contributed by atoms with E-state index in [0.717, 1.165) is 24.6 Å². The number of carbonyl (C=O) groups is 1. The Kier molecular flexibility index (Phi) is 21.2. The predicted octanol–water partition coefficient (Wildman–Crippen LogP) is 8.21. The fourth-order valence-electron chi connectivity index (χ4n) is 3.39. The summed E-state index contributed by atoms with van der Waals surface area (Å²) in [7, 11) is 0. The lowest BCUT2D eigenvalue weighted by atomic mass is 9.94. The van der Waals surface area contributed by atoms with Gasteiger partial charge in [0.05, 0.1) is 12.5 Å². The minimum absolute atomic E-state index is 0.0792. The first kappa shape index (κ1) is 26.0. The number of halogens is 1. The van der Waals surface area contributed by atoms with Crippen molar-refractivity contribution in [3.05, 3.63) is 0 Å². The van der Waals surface area contributed by atoms with E-state index in [9.17, 15) is 4.79 Å². The zero-order valence-electron chi connectivity index (χ0n) is 17.7. The molecule has 26 heavy (non-hydrogen) atoms. The fraction of sp³-hybridized carbons (Fsp3) is 0.957. The zero-order chi connectivity index (χ0) is 19.3. The Morgan fingerprint density at radius 2 is 1.15 bits per heavy atom. The second-order valence-electron chi connectivity index (χ2n) is 7.73. The van der Waals surface area contributed by atoms with Crippen LogP contribution in [-0.4, -0.2) is 17.9 Å². The van der Waals surface area contributed by atoms with Crippen LogP contribution in [0.25, 0.3) is 0 Å². The van der Waals surface area contributed by atoms with Crippen LogP contribution in [0.1, 0.15) is 123 Å². The molecule has 0 saturated heterocycles. The first-order valence-corrected chi connectivity index (χ1v) is 12.6. The van der Waals surface area contributed by atoms with Crippen LogP contribution in [0.3, 0.4) is 0 Å². The van der Waals surface area contributed by atoms with Gasteiger partial charge in [0.25, 0.3) is 0 Å². The summed E-state index contributed by atoms with van der Waals surface area (Å²) in [6.07, 6.45) is 20.8. The molecule has 0 amide bonds. The third kappa shape index (κ3) is 17.4. The molecule has 0 aromatic carbocycles. The van der Waals surface area contributed by atoms with E-state index in [1.54, 1.807) is 0 Å². The minimum Gasteiger partial charge on any atom is -0.465 e. The molecular weight excluding hydrogens is 388 g/mol. The summed E-state index contributed by atoms with van der Waals surface area (Å²) in [5.74, 6) is 0.224. The smallest absolute Gasteiger partial charge is 0.308 e. The SMILES string of the molecule is CCCCCCCCC(CCCCCC)C(=O)OCCCCCCCBr. The van der Waals surface area contributed by atoms with Crippen LogP contribution < -0.4 is 0 Å². The average molecular weight is 434 g/mol. The lowest BCUT2D eigenvalue weighted by Gasteiger charge is -2.16. The van der Waals surface area contributed by atoms with Crippen LogP contribution in [0.2, 0.25) is 0 Å². The van der Waals surface area contributed by atoms with E-state index in [2.05, 4.69) is 29.8 Å². The Balaban J connectivity index is 3.95. The minimum atomic E-state index is 0.0792. The maximum absolute atomic E-state index is 12.5. The van der Waals surface area contributed by atoms with Crippen LogP contribution in [-0.2, 0) is 9.53 Å². The molecule has 156 valence electrons. The van der Waals surface area contributed by atoms with Gasteiger partial charge in [-0.1, -0.05) is 113 Å². The van der Waals surface area contributed by atoms with Crippen LogP contribution in [0.15, 0.2) is 0 Å². The Morgan fingerprint density at radius 1 is 0.692 bits per heavy atom. The summed E-state index contributed by atoms with van der Waals surface area (Å²) < 4.78 is 5.62. The van der Waals surface area contributed by atoms with E-state index in [-0.39, 0.29) is 11.9 Å². The van der Waals surface area contributed by atoms with Crippen molar-refractivity contribution in [1.29, 1.82) is 0 Å². The van der Waals surface area contributed by atoms with Gasteiger partial charge in [0.15, 0.2) is 0 Å². The first-order chi connectivity index (χ1) is 12.8. The normalized spacial score (nSPS) is 12.3. The molecular formula is C23H45BrO2. The molecule has 0 aliphatic rings. The van der Waals surface area contributed by atoms with Gasteiger partial charge >= 0.3 is 5.97 Å². The highest BCUT2D eigenvalue weighted by Crippen LogP contribution is 2.20. The van der Waals surface area contributed by atoms with E-state index in [0.29, 0.717) is 6.61 Å². The molecule has 0 aliphatic heterocycles. The van der Waals surface area contributed by atoms with Crippen LogP contribution >= 0.6 is 15.9 Å². The summed E-state index contributed by atoms with van der Waals surface area (Å²) in [6, 6.07) is 0. The van der Waals surface area contributed by atoms with Gasteiger partial charge in [-0.15, -0.1) is 0 Å². The number of unbranched alkanes of at least 4 members (excludes halogenated alkanes) is 12. The van der Waals surface area contributed by atoms with Gasteiger partial charge < -0.3 is 4.74 Å². The van der Waals surface area contributed by atoms with Gasteiger partial charge in [-0.25, -0.2) is 0 Å². The number of carbonyl (C=O) groups excluding carboxylic acids is 1. The molecule has 0 spiro atoms. The lowest BCUT2D eigenvalue weighted by Crippen LogP contribution is -2.18. The van der Waals surface area contributed by atoms with Gasteiger partial charge in [-0.3, -0.25) is 4.79 Å². The summed E-state index contributed by atoms with van der Waals surface area (Å²) >= 11 is 3.47. The van der Waals surface area contributed by atoms with Gasteiger partial charge in [0, 0.05) is 5.33 Å². The van der Waals surface area contributed by atoms with E-state index < -0.39 is 0 Å². The molecule has 2 nitrogen and oxygen atoms in total. The number of alkyl halides is 1. The average Bonchev–Trinajstić information content (AvgIpc) is 2.65. The molecule has 0 aliphatic carbocycles. The molecule has 0 N–H and O–H groups in total. The monoisotopic (exact) mass is 432 g/mol. The number of esters is 1. The van der Waals surface area contributed by atoms with E-state index in [4.69, 9.17) is 4.74 Å². The Morgan fingerprint density at radius 3 is 1.73 bits per heavy atom. The predicted molar refractivity (Wildman–Crippen MR) is 118 cm³/mol. The van der Waals surface area contributed by atoms with Crippen molar-refractivity contribution in [3.8, 4) is 0 Å². The van der Waals surface area contributed by atoms with Gasteiger partial charge in [0.1, 0.15) is 0 Å². The van der Waals surface area contributed by atoms with Crippen molar-refractivity contribution in [2.75, 3.05) is 11.9 Å². The topological polar surface area (TPSA) is 26.3 Å². The molecule has 0 bridgehead atoms. The second kappa shape index (κ2) is 21.3. The van der Waals surface area contributed by atoms with Gasteiger partial charge in [-0.2, -0.15) is 0 Å². The number of hydrogen-bond donors (Lipinski definition) is 0. The Labute approximate surface area is 172 Å². The number of ether oxygens (including phenoxy) is 1. The highest BCUT2D eigenvalue weighted by molar-refractivity contribution is 9.09. The number of rotatable bonds is 20. The molecule has 1 unspecified atom stereocenters. The van der Waals surface area contributed by atoms with Crippen molar-refractivity contribution >= 4 is 21.9 Å². The molecule has 0 aromatic rings. The van der Waals surface area contributed by atoms with E-state index >= 15 is 0 Å². The molecule has 0 aromatic heterocycles. The van der Waals surface area contributed by atoms with Crippen molar-refractivity contribution in [3.63, 3.8) is 0 Å². The maximum Gasteiger partial charge on any atom is 0.308 e. The second-order valence-corrected chi connectivity index (χ2v) is 8.52. The first-order valence-electron chi connectivity index (χ1n) is 11.5. The third-order valence-electron chi connectivity index (χ3n) is 5.17. The maximum atomic E-state index is 12.5. The molecule has 0 heterocycles. The van der Waals surface area contributed by atoms with Crippen molar-refractivity contribution < 1.29 is 9.53 Å². The summed E-state index contributed by atoms with van der Waals surface area (Å²) in [4.78, 5) is 12.5. The molecule has 1 atom stereocenters. The molecule has 3 heteroatoms. The van der Waals surface area contributed by atoms with E-state index in [1.165, 1.54) is 89.9 Å². The molecule has 0 rings (SSSR count). The Bertz CT molecular complexity index is 294. The van der Waals surface area contributed by atoms with Gasteiger partial charge in [0.2, 0.25) is 0 Å². The lowest BCUT2D eigenvalue weighted by molar-refractivity contribution is -0.149. The van der Waals surface area contributed by atoms with E-state index in [1.807, 2.05) is 0 Å². The Hall–Kier alpha value is -0.0500. The highest BCUT2D eigenvalue weighted by Gasteiger charge is 2.19. The standard InChI is InChI=1S/C23H45BrO2/c1-3-5-7-9-11-15-19-22(18-14-8-6-4-2)23(25)26-21-17-13-10-12-16-20-24/h22H,3-21H2,1-2H3. The zero-order valence-corrected chi connectivity index (χ0v) is 19.3. The summed E-state index contributed by atoms with van der Waals surface area (Å²) in [6.45, 7) is 5.11. The van der Waals surface area contributed by atoms with Crippen LogP contribution in [0.4, 0.5) is 0 Å². The summed E-state index contributed by atoms with van der Waals surface area (Å²) in [5, 5.41) is 1.10. The van der Waals surface area contributed by atoms with Crippen LogP contribution in [0, 0.1) is 5.92 Å². The molecule has 0 radical (unpaired) electrons. The largest absolute Gasteiger partial charge is 0.465 e.